The average Bonchev–Trinajstić information content (AvgIpc) is 2.75. The van der Waals surface area contributed by atoms with Crippen molar-refractivity contribution >= 4 is 17.6 Å². The molecule has 1 heterocycles. The second kappa shape index (κ2) is 9.11. The van der Waals surface area contributed by atoms with Gasteiger partial charge in [-0.2, -0.15) is 0 Å². The summed E-state index contributed by atoms with van der Waals surface area (Å²) >= 11 is 5.95. The predicted molar refractivity (Wildman–Crippen MR) is 92.9 cm³/mol. The Morgan fingerprint density at radius 1 is 1.30 bits per heavy atom. The number of halogens is 1. The number of amides is 2. The van der Waals surface area contributed by atoms with Gasteiger partial charge in [0.05, 0.1) is 6.04 Å². The van der Waals surface area contributed by atoms with E-state index in [-0.39, 0.29) is 18.1 Å². The molecule has 6 heteroatoms. The number of benzene rings is 1. The Hall–Kier alpha value is -1.30. The number of ether oxygens (including phenoxy) is 1. The van der Waals surface area contributed by atoms with E-state index in [0.717, 1.165) is 38.0 Å². The number of nitrogens with zero attached hydrogens (tertiary/aromatic N) is 1. The maximum absolute atomic E-state index is 12.3. The van der Waals surface area contributed by atoms with Gasteiger partial charge in [-0.1, -0.05) is 23.7 Å². The first-order valence-electron chi connectivity index (χ1n) is 8.09. The maximum atomic E-state index is 12.3. The molecule has 0 aromatic heterocycles. The van der Waals surface area contributed by atoms with Gasteiger partial charge in [-0.25, -0.2) is 4.79 Å². The third-order valence-corrected chi connectivity index (χ3v) is 4.16. The number of hydrogen-bond acceptors (Lipinski definition) is 3. The van der Waals surface area contributed by atoms with Crippen molar-refractivity contribution in [3.05, 3.63) is 34.9 Å². The van der Waals surface area contributed by atoms with Crippen molar-refractivity contribution in [2.75, 3.05) is 33.9 Å². The monoisotopic (exact) mass is 339 g/mol. The number of nitrogens with one attached hydrogen (secondary N) is 2. The van der Waals surface area contributed by atoms with Crippen molar-refractivity contribution in [2.45, 2.75) is 31.3 Å². The molecule has 5 nitrogen and oxygen atoms in total. The number of carbonyl (C=O) groups excluding carboxylic acids is 1. The Kier molecular flexibility index (Phi) is 7.15. The van der Waals surface area contributed by atoms with Crippen LogP contribution in [0.3, 0.4) is 0 Å². The van der Waals surface area contributed by atoms with Crippen LogP contribution >= 0.6 is 11.6 Å². The van der Waals surface area contributed by atoms with Gasteiger partial charge in [-0.05, 0) is 51.1 Å². The standard InChI is InChI=1S/C17H26ClN3O2/c1-21(2)12-16(13-5-7-14(18)8-6-13)20-17(22)19-15-4-3-10-23-11-9-15/h5-8,15-16H,3-4,9-12H2,1-2H3,(H2,19,20,22)/t15-,16-/m1/s1. The highest BCUT2D eigenvalue weighted by Gasteiger charge is 2.19. The zero-order valence-electron chi connectivity index (χ0n) is 13.8. The summed E-state index contributed by atoms with van der Waals surface area (Å²) in [5, 5.41) is 6.84. The molecule has 0 aliphatic carbocycles. The van der Waals surface area contributed by atoms with Crippen LogP contribution in [-0.4, -0.2) is 50.8 Å². The van der Waals surface area contributed by atoms with E-state index in [0.29, 0.717) is 11.6 Å². The normalized spacial score (nSPS) is 19.9. The molecule has 2 amide bonds. The average molecular weight is 340 g/mol. The molecule has 0 bridgehead atoms. The van der Waals surface area contributed by atoms with Gasteiger partial charge in [0.2, 0.25) is 0 Å². The van der Waals surface area contributed by atoms with Gasteiger partial charge < -0.3 is 20.3 Å². The molecule has 128 valence electrons. The highest BCUT2D eigenvalue weighted by molar-refractivity contribution is 6.30. The van der Waals surface area contributed by atoms with Crippen molar-refractivity contribution < 1.29 is 9.53 Å². The third-order valence-electron chi connectivity index (χ3n) is 3.91. The quantitative estimate of drug-likeness (QED) is 0.867. The summed E-state index contributed by atoms with van der Waals surface area (Å²) < 4.78 is 5.43. The highest BCUT2D eigenvalue weighted by Crippen LogP contribution is 2.17. The molecule has 1 aromatic carbocycles. The molecule has 1 saturated heterocycles. The van der Waals surface area contributed by atoms with E-state index in [1.54, 1.807) is 0 Å². The lowest BCUT2D eigenvalue weighted by atomic mass is 10.1. The number of urea groups is 1. The third kappa shape index (κ3) is 6.37. The fourth-order valence-corrected chi connectivity index (χ4v) is 2.85. The summed E-state index contributed by atoms with van der Waals surface area (Å²) in [6, 6.07) is 7.58. The summed E-state index contributed by atoms with van der Waals surface area (Å²) in [6.45, 7) is 2.22. The molecule has 2 atom stereocenters. The van der Waals surface area contributed by atoms with Crippen LogP contribution in [0.15, 0.2) is 24.3 Å². The summed E-state index contributed by atoms with van der Waals surface area (Å²) in [5.74, 6) is 0. The highest BCUT2D eigenvalue weighted by atomic mass is 35.5. The zero-order valence-corrected chi connectivity index (χ0v) is 14.6. The van der Waals surface area contributed by atoms with Crippen LogP contribution in [0.2, 0.25) is 5.02 Å². The Bertz CT molecular complexity index is 485. The van der Waals surface area contributed by atoms with Gasteiger partial charge in [0.25, 0.3) is 0 Å². The SMILES string of the molecule is CN(C)C[C@@H](NC(=O)N[C@@H]1CCCOCC1)c1ccc(Cl)cc1. The molecule has 0 unspecified atom stereocenters. The van der Waals surface area contributed by atoms with Crippen LogP contribution in [0.4, 0.5) is 4.79 Å². The van der Waals surface area contributed by atoms with Crippen LogP contribution in [0.5, 0.6) is 0 Å². The Morgan fingerprint density at radius 2 is 2.04 bits per heavy atom. The molecule has 1 aromatic rings. The van der Waals surface area contributed by atoms with Crippen LogP contribution in [0.25, 0.3) is 0 Å². The number of likely N-dealkylation sites (N-methyl/N-ethyl adjacent to an activating group) is 1. The number of rotatable bonds is 5. The first-order chi connectivity index (χ1) is 11.0. The van der Waals surface area contributed by atoms with Gasteiger partial charge >= 0.3 is 6.03 Å². The van der Waals surface area contributed by atoms with E-state index in [1.807, 2.05) is 38.4 Å². The summed E-state index contributed by atoms with van der Waals surface area (Å²) in [6.07, 6.45) is 2.82. The predicted octanol–water partition coefficient (Wildman–Crippen LogP) is 2.81. The molecule has 0 radical (unpaired) electrons. The molecule has 1 aliphatic heterocycles. The fourth-order valence-electron chi connectivity index (χ4n) is 2.73. The molecule has 2 N–H and O–H groups in total. The van der Waals surface area contributed by atoms with Crippen LogP contribution in [0.1, 0.15) is 30.9 Å². The van der Waals surface area contributed by atoms with Gasteiger partial charge in [-0.3, -0.25) is 0 Å². The molecule has 0 spiro atoms. The molecular weight excluding hydrogens is 314 g/mol. The first-order valence-corrected chi connectivity index (χ1v) is 8.47. The zero-order chi connectivity index (χ0) is 16.7. The van der Waals surface area contributed by atoms with E-state index < -0.39 is 0 Å². The number of hydrogen-bond donors (Lipinski definition) is 2. The fraction of sp³-hybridized carbons (Fsp3) is 0.588. The van der Waals surface area contributed by atoms with Gasteiger partial charge in [0.1, 0.15) is 0 Å². The van der Waals surface area contributed by atoms with Crippen LogP contribution in [0, 0.1) is 0 Å². The molecular formula is C17H26ClN3O2. The van der Waals surface area contributed by atoms with E-state index in [2.05, 4.69) is 15.5 Å². The van der Waals surface area contributed by atoms with Gasteiger partial charge in [0, 0.05) is 30.8 Å². The second-order valence-corrected chi connectivity index (χ2v) is 6.66. The van der Waals surface area contributed by atoms with E-state index in [9.17, 15) is 4.79 Å². The van der Waals surface area contributed by atoms with Crippen molar-refractivity contribution in [2.24, 2.45) is 0 Å². The summed E-state index contributed by atoms with van der Waals surface area (Å²) in [4.78, 5) is 14.4. The molecule has 1 fully saturated rings. The minimum Gasteiger partial charge on any atom is -0.381 e. The smallest absolute Gasteiger partial charge is 0.315 e. The van der Waals surface area contributed by atoms with E-state index in [4.69, 9.17) is 16.3 Å². The van der Waals surface area contributed by atoms with Crippen LogP contribution in [-0.2, 0) is 4.74 Å². The van der Waals surface area contributed by atoms with Crippen molar-refractivity contribution in [1.82, 2.24) is 15.5 Å². The minimum atomic E-state index is -0.126. The molecule has 0 saturated carbocycles. The minimum absolute atomic E-state index is 0.0794. The molecule has 23 heavy (non-hydrogen) atoms. The maximum Gasteiger partial charge on any atom is 0.315 e. The first kappa shape index (κ1) is 18.0. The largest absolute Gasteiger partial charge is 0.381 e. The summed E-state index contributed by atoms with van der Waals surface area (Å²) in [7, 11) is 3.98. The van der Waals surface area contributed by atoms with Crippen molar-refractivity contribution in [1.29, 1.82) is 0 Å². The lowest BCUT2D eigenvalue weighted by Crippen LogP contribution is -2.45. The molecule has 1 aliphatic rings. The summed E-state index contributed by atoms with van der Waals surface area (Å²) in [5.41, 5.74) is 1.04. The van der Waals surface area contributed by atoms with E-state index in [1.165, 1.54) is 0 Å². The Morgan fingerprint density at radius 3 is 2.74 bits per heavy atom. The van der Waals surface area contributed by atoms with Gasteiger partial charge in [-0.15, -0.1) is 0 Å². The lowest BCUT2D eigenvalue weighted by molar-refractivity contribution is 0.142. The van der Waals surface area contributed by atoms with Crippen LogP contribution < -0.4 is 10.6 Å². The number of carbonyl (C=O) groups is 1. The lowest BCUT2D eigenvalue weighted by Gasteiger charge is -2.24. The molecule has 2 rings (SSSR count). The van der Waals surface area contributed by atoms with Gasteiger partial charge in [0.15, 0.2) is 0 Å². The Balaban J connectivity index is 1.96. The van der Waals surface area contributed by atoms with Crippen molar-refractivity contribution in [3.8, 4) is 0 Å². The van der Waals surface area contributed by atoms with Crippen molar-refractivity contribution in [3.63, 3.8) is 0 Å². The topological polar surface area (TPSA) is 53.6 Å². The second-order valence-electron chi connectivity index (χ2n) is 6.22. The Labute approximate surface area is 143 Å². The van der Waals surface area contributed by atoms with E-state index >= 15 is 0 Å².